The highest BCUT2D eigenvalue weighted by Gasteiger charge is 2.25. The van der Waals surface area contributed by atoms with Gasteiger partial charge in [-0.1, -0.05) is 36.4 Å². The van der Waals surface area contributed by atoms with Crippen molar-refractivity contribution in [3.05, 3.63) is 54.1 Å². The molecule has 0 bridgehead atoms. The number of amides is 1. The van der Waals surface area contributed by atoms with E-state index in [0.29, 0.717) is 11.9 Å². The van der Waals surface area contributed by atoms with Crippen molar-refractivity contribution in [2.45, 2.75) is 18.9 Å². The van der Waals surface area contributed by atoms with Gasteiger partial charge in [0.15, 0.2) is 0 Å². The lowest BCUT2D eigenvalue weighted by atomic mass is 10.0. The van der Waals surface area contributed by atoms with Gasteiger partial charge in [0.25, 0.3) is 5.91 Å². The molecule has 2 heterocycles. The van der Waals surface area contributed by atoms with E-state index in [0.717, 1.165) is 48.2 Å². The normalized spacial score (nSPS) is 17.1. The average molecular weight is 376 g/mol. The van der Waals surface area contributed by atoms with E-state index in [4.69, 9.17) is 0 Å². The summed E-state index contributed by atoms with van der Waals surface area (Å²) in [6.45, 7) is 1.63. The molecule has 1 aliphatic heterocycles. The fourth-order valence-electron chi connectivity index (χ4n) is 3.64. The van der Waals surface area contributed by atoms with Crippen LogP contribution in [0.15, 0.2) is 48.5 Å². The van der Waals surface area contributed by atoms with Crippen LogP contribution in [0, 0.1) is 0 Å². The third kappa shape index (κ3) is 3.80. The van der Waals surface area contributed by atoms with Crippen molar-refractivity contribution < 1.29 is 4.79 Å². The largest absolute Gasteiger partial charge is 0.337 e. The smallest absolute Gasteiger partial charge is 0.253 e. The number of nitrogens with zero attached hydrogens (tertiary/aromatic N) is 5. The molecule has 4 rings (SSSR count). The number of carbonyl (C=O) groups is 1. The van der Waals surface area contributed by atoms with Gasteiger partial charge in [-0.25, -0.2) is 0 Å². The molecule has 1 aliphatic rings. The van der Waals surface area contributed by atoms with Gasteiger partial charge in [0.2, 0.25) is 5.82 Å². The van der Waals surface area contributed by atoms with Crippen LogP contribution in [0.1, 0.15) is 23.2 Å². The number of nitrogens with one attached hydrogen (secondary N) is 1. The Balaban J connectivity index is 1.47. The van der Waals surface area contributed by atoms with Crippen molar-refractivity contribution in [3.63, 3.8) is 0 Å². The summed E-state index contributed by atoms with van der Waals surface area (Å²) in [4.78, 5) is 17.1. The van der Waals surface area contributed by atoms with Gasteiger partial charge in [0, 0.05) is 30.3 Å². The molecule has 7 heteroatoms. The SMILES string of the molecule is CN(C)[C@H]1CCCN(C(=O)c2ccc(-c3ccc(-c4nn[nH]n4)cc3)cc2)C1. The second-order valence-corrected chi connectivity index (χ2v) is 7.40. The van der Waals surface area contributed by atoms with Gasteiger partial charge in [-0.05, 0) is 55.4 Å². The van der Waals surface area contributed by atoms with Crippen LogP contribution in [0.4, 0.5) is 0 Å². The minimum Gasteiger partial charge on any atom is -0.337 e. The number of piperidine rings is 1. The predicted octanol–water partition coefficient (Wildman–Crippen LogP) is 2.70. The molecule has 1 atom stereocenters. The van der Waals surface area contributed by atoms with Crippen molar-refractivity contribution >= 4 is 5.91 Å². The lowest BCUT2D eigenvalue weighted by molar-refractivity contribution is 0.0635. The first kappa shape index (κ1) is 18.3. The van der Waals surface area contributed by atoms with Crippen LogP contribution >= 0.6 is 0 Å². The van der Waals surface area contributed by atoms with Crippen LogP contribution in [0.2, 0.25) is 0 Å². The summed E-state index contributed by atoms with van der Waals surface area (Å²) in [5.41, 5.74) is 3.80. The molecule has 3 aromatic rings. The molecule has 1 saturated heterocycles. The minimum absolute atomic E-state index is 0.116. The highest BCUT2D eigenvalue weighted by molar-refractivity contribution is 5.94. The Hall–Kier alpha value is -3.06. The zero-order valence-electron chi connectivity index (χ0n) is 16.2. The standard InChI is InChI=1S/C21H24N6O/c1-26(2)19-4-3-13-27(14-19)21(28)18-11-7-16(8-12-18)15-5-9-17(10-6-15)20-22-24-25-23-20/h5-12,19H,3-4,13-14H2,1-2H3,(H,22,23,24,25)/t19-/m0/s1. The van der Waals surface area contributed by atoms with Gasteiger partial charge in [-0.3, -0.25) is 4.79 Å². The summed E-state index contributed by atoms with van der Waals surface area (Å²) >= 11 is 0. The van der Waals surface area contributed by atoms with Crippen molar-refractivity contribution in [1.82, 2.24) is 30.4 Å². The molecule has 0 radical (unpaired) electrons. The van der Waals surface area contributed by atoms with E-state index < -0.39 is 0 Å². The average Bonchev–Trinajstić information content (AvgIpc) is 3.28. The second-order valence-electron chi connectivity index (χ2n) is 7.40. The molecule has 0 spiro atoms. The fourth-order valence-corrected chi connectivity index (χ4v) is 3.64. The van der Waals surface area contributed by atoms with Gasteiger partial charge in [-0.2, -0.15) is 5.21 Å². The first-order chi connectivity index (χ1) is 13.6. The van der Waals surface area contributed by atoms with E-state index in [-0.39, 0.29) is 5.91 Å². The highest BCUT2D eigenvalue weighted by atomic mass is 16.2. The number of carbonyl (C=O) groups excluding carboxylic acids is 1. The van der Waals surface area contributed by atoms with E-state index in [9.17, 15) is 4.79 Å². The minimum atomic E-state index is 0.116. The van der Waals surface area contributed by atoms with Crippen LogP contribution in [-0.2, 0) is 0 Å². The Bertz CT molecular complexity index is 919. The quantitative estimate of drug-likeness (QED) is 0.757. The van der Waals surface area contributed by atoms with Crippen LogP contribution in [0.3, 0.4) is 0 Å². The predicted molar refractivity (Wildman–Crippen MR) is 108 cm³/mol. The molecule has 1 aromatic heterocycles. The van der Waals surface area contributed by atoms with Crippen molar-refractivity contribution in [3.8, 4) is 22.5 Å². The Morgan fingerprint density at radius 3 is 2.29 bits per heavy atom. The molecule has 2 aromatic carbocycles. The molecule has 0 saturated carbocycles. The molecule has 0 aliphatic carbocycles. The third-order valence-corrected chi connectivity index (χ3v) is 5.37. The number of tetrazole rings is 1. The summed E-state index contributed by atoms with van der Waals surface area (Å²) < 4.78 is 0. The molecular formula is C21H24N6O. The first-order valence-corrected chi connectivity index (χ1v) is 9.52. The zero-order valence-corrected chi connectivity index (χ0v) is 16.2. The van der Waals surface area contributed by atoms with Crippen LogP contribution in [0.5, 0.6) is 0 Å². The number of hydrogen-bond acceptors (Lipinski definition) is 5. The first-order valence-electron chi connectivity index (χ1n) is 9.52. The summed E-state index contributed by atoms with van der Waals surface area (Å²) in [5.74, 6) is 0.690. The summed E-state index contributed by atoms with van der Waals surface area (Å²) in [6, 6.07) is 16.3. The highest BCUT2D eigenvalue weighted by Crippen LogP contribution is 2.24. The topological polar surface area (TPSA) is 78.0 Å². The van der Waals surface area contributed by atoms with Crippen LogP contribution in [0.25, 0.3) is 22.5 Å². The Kier molecular flexibility index (Phi) is 5.16. The lowest BCUT2D eigenvalue weighted by Gasteiger charge is -2.36. The number of benzene rings is 2. The zero-order chi connectivity index (χ0) is 19.5. The molecular weight excluding hydrogens is 352 g/mol. The number of hydrogen-bond donors (Lipinski definition) is 1. The third-order valence-electron chi connectivity index (χ3n) is 5.37. The van der Waals surface area contributed by atoms with Crippen molar-refractivity contribution in [2.24, 2.45) is 0 Å². The van der Waals surface area contributed by atoms with Gasteiger partial charge < -0.3 is 9.80 Å². The van der Waals surface area contributed by atoms with Crippen molar-refractivity contribution in [2.75, 3.05) is 27.2 Å². The summed E-state index contributed by atoms with van der Waals surface area (Å²) in [5, 5.41) is 14.0. The fraction of sp³-hybridized carbons (Fsp3) is 0.333. The molecule has 0 unspecified atom stereocenters. The van der Waals surface area contributed by atoms with Gasteiger partial charge in [0.1, 0.15) is 0 Å². The maximum Gasteiger partial charge on any atom is 0.253 e. The maximum atomic E-state index is 12.9. The van der Waals surface area contributed by atoms with Crippen LogP contribution < -0.4 is 0 Å². The molecule has 1 fully saturated rings. The van der Waals surface area contributed by atoms with Crippen molar-refractivity contribution in [1.29, 1.82) is 0 Å². The summed E-state index contributed by atoms with van der Waals surface area (Å²) in [6.07, 6.45) is 2.20. The second kappa shape index (κ2) is 7.90. The number of rotatable bonds is 4. The van der Waals surface area contributed by atoms with Gasteiger partial charge in [-0.15, -0.1) is 10.2 Å². The van der Waals surface area contributed by atoms with E-state index in [1.807, 2.05) is 53.4 Å². The molecule has 144 valence electrons. The monoisotopic (exact) mass is 376 g/mol. The number of likely N-dealkylation sites (N-methyl/N-ethyl adjacent to an activating group) is 1. The number of H-pyrrole nitrogens is 1. The van der Waals surface area contributed by atoms with Gasteiger partial charge in [0.05, 0.1) is 0 Å². The Morgan fingerprint density at radius 1 is 1.04 bits per heavy atom. The number of aromatic amines is 1. The summed E-state index contributed by atoms with van der Waals surface area (Å²) in [7, 11) is 4.16. The van der Waals surface area contributed by atoms with E-state index in [1.165, 1.54) is 0 Å². The lowest BCUT2D eigenvalue weighted by Crippen LogP contribution is -2.47. The maximum absolute atomic E-state index is 12.9. The molecule has 1 amide bonds. The number of likely N-dealkylation sites (tertiary alicyclic amines) is 1. The Morgan fingerprint density at radius 2 is 1.68 bits per heavy atom. The molecule has 28 heavy (non-hydrogen) atoms. The van der Waals surface area contributed by atoms with Crippen LogP contribution in [-0.4, -0.2) is 69.6 Å². The van der Waals surface area contributed by atoms with E-state index in [1.54, 1.807) is 0 Å². The van der Waals surface area contributed by atoms with Gasteiger partial charge >= 0.3 is 0 Å². The molecule has 7 nitrogen and oxygen atoms in total. The van der Waals surface area contributed by atoms with E-state index in [2.05, 4.69) is 39.6 Å². The number of aromatic nitrogens is 4. The van der Waals surface area contributed by atoms with E-state index >= 15 is 0 Å². The molecule has 1 N–H and O–H groups in total. The Labute approximate surface area is 164 Å².